The molecule has 0 atom stereocenters. The van der Waals surface area contributed by atoms with E-state index in [2.05, 4.69) is 10.9 Å². The lowest BCUT2D eigenvalue weighted by atomic mass is 10.2. The summed E-state index contributed by atoms with van der Waals surface area (Å²) < 4.78 is 29.9. The fourth-order valence-corrected chi connectivity index (χ4v) is 7.13. The van der Waals surface area contributed by atoms with E-state index in [1.165, 1.54) is 39.9 Å². The molecule has 33 heavy (non-hydrogen) atoms. The second-order valence-corrected chi connectivity index (χ2v) is 11.5. The van der Waals surface area contributed by atoms with Crippen LogP contribution in [0.5, 0.6) is 0 Å². The van der Waals surface area contributed by atoms with Gasteiger partial charge in [-0.1, -0.05) is 53.3 Å². The van der Waals surface area contributed by atoms with Crippen LogP contribution in [-0.2, 0) is 16.6 Å². The number of halogens is 2. The number of rotatable bonds is 4. The van der Waals surface area contributed by atoms with Gasteiger partial charge in [-0.2, -0.15) is 9.30 Å². The van der Waals surface area contributed by atoms with Crippen molar-refractivity contribution in [2.75, 3.05) is 13.1 Å². The first-order valence-electron chi connectivity index (χ1n) is 10.4. The SMILES string of the molecule is C#CCn1c(=NC(=O)c2ccc(S(=O)(=O)N3CCCCCC3)cc2)sc2cc(Cl)cc(Cl)c21. The summed E-state index contributed by atoms with van der Waals surface area (Å²) in [7, 11) is -3.59. The van der Waals surface area contributed by atoms with Crippen LogP contribution in [0.25, 0.3) is 10.2 Å². The minimum Gasteiger partial charge on any atom is -0.303 e. The molecule has 1 aliphatic heterocycles. The standard InChI is InChI=1S/C23H21Cl2N3O3S2/c1-2-11-28-21-19(25)14-17(24)15-20(21)32-23(28)26-22(29)16-7-9-18(10-8-16)33(30,31)27-12-5-3-4-6-13-27/h1,7-10,14-15H,3-6,11-13H2. The molecule has 3 aromatic rings. The lowest BCUT2D eigenvalue weighted by Gasteiger charge is -2.19. The molecule has 0 aliphatic carbocycles. The van der Waals surface area contributed by atoms with Gasteiger partial charge in [-0.15, -0.1) is 6.42 Å². The van der Waals surface area contributed by atoms with E-state index in [-0.39, 0.29) is 17.0 Å². The molecular formula is C23H21Cl2N3O3S2. The molecule has 0 bridgehead atoms. The number of benzene rings is 2. The quantitative estimate of drug-likeness (QED) is 0.456. The monoisotopic (exact) mass is 521 g/mol. The number of thiazole rings is 1. The highest BCUT2D eigenvalue weighted by Crippen LogP contribution is 2.29. The summed E-state index contributed by atoms with van der Waals surface area (Å²) in [6, 6.07) is 9.24. The van der Waals surface area contributed by atoms with Crippen molar-refractivity contribution in [3.05, 3.63) is 56.8 Å². The molecule has 10 heteroatoms. The Morgan fingerprint density at radius 2 is 1.76 bits per heavy atom. The van der Waals surface area contributed by atoms with Gasteiger partial charge in [0.05, 0.1) is 26.7 Å². The molecule has 1 aliphatic rings. The van der Waals surface area contributed by atoms with E-state index in [1.54, 1.807) is 16.7 Å². The zero-order valence-corrected chi connectivity index (χ0v) is 20.8. The molecule has 0 saturated carbocycles. The van der Waals surface area contributed by atoms with Gasteiger partial charge in [0.1, 0.15) is 0 Å². The molecule has 0 unspecified atom stereocenters. The number of hydrogen-bond donors (Lipinski definition) is 0. The predicted molar refractivity (Wildman–Crippen MR) is 132 cm³/mol. The molecule has 2 heterocycles. The van der Waals surface area contributed by atoms with Crippen LogP contribution in [0, 0.1) is 12.3 Å². The lowest BCUT2D eigenvalue weighted by molar-refractivity contribution is 0.0998. The fourth-order valence-electron chi connectivity index (χ4n) is 3.80. The van der Waals surface area contributed by atoms with Crippen molar-refractivity contribution in [1.29, 1.82) is 0 Å². The highest BCUT2D eigenvalue weighted by molar-refractivity contribution is 7.89. The van der Waals surface area contributed by atoms with E-state index in [0.717, 1.165) is 30.4 Å². The van der Waals surface area contributed by atoms with Gasteiger partial charge >= 0.3 is 0 Å². The van der Waals surface area contributed by atoms with Crippen molar-refractivity contribution < 1.29 is 13.2 Å². The first-order chi connectivity index (χ1) is 15.8. The number of fused-ring (bicyclic) bond motifs is 1. The largest absolute Gasteiger partial charge is 0.303 e. The van der Waals surface area contributed by atoms with E-state index < -0.39 is 15.9 Å². The lowest BCUT2D eigenvalue weighted by Crippen LogP contribution is -2.31. The average molecular weight is 522 g/mol. The Balaban J connectivity index is 1.67. The number of sulfonamides is 1. The van der Waals surface area contributed by atoms with Gasteiger partial charge in [0.15, 0.2) is 4.80 Å². The van der Waals surface area contributed by atoms with Crippen molar-refractivity contribution in [2.45, 2.75) is 37.1 Å². The maximum absolute atomic E-state index is 13.0. The topological polar surface area (TPSA) is 71.7 Å². The molecule has 2 aromatic carbocycles. The van der Waals surface area contributed by atoms with Crippen LogP contribution in [-0.4, -0.2) is 36.3 Å². The third-order valence-electron chi connectivity index (χ3n) is 5.45. The molecular weight excluding hydrogens is 501 g/mol. The minimum absolute atomic E-state index is 0.173. The summed E-state index contributed by atoms with van der Waals surface area (Å²) in [5, 5.41) is 0.890. The van der Waals surface area contributed by atoms with Crippen LogP contribution in [0.4, 0.5) is 0 Å². The van der Waals surface area contributed by atoms with Crippen molar-refractivity contribution in [3.63, 3.8) is 0 Å². The van der Waals surface area contributed by atoms with Crippen LogP contribution in [0.3, 0.4) is 0 Å². The molecule has 1 amide bonds. The molecule has 0 radical (unpaired) electrons. The summed E-state index contributed by atoms with van der Waals surface area (Å²) >= 11 is 13.7. The van der Waals surface area contributed by atoms with E-state index >= 15 is 0 Å². The zero-order valence-electron chi connectivity index (χ0n) is 17.6. The second kappa shape index (κ2) is 10.00. The normalized spacial score (nSPS) is 16.0. The first kappa shape index (κ1) is 24.0. The average Bonchev–Trinajstić information content (AvgIpc) is 2.95. The summed E-state index contributed by atoms with van der Waals surface area (Å²) in [6.45, 7) is 1.22. The number of hydrogen-bond acceptors (Lipinski definition) is 4. The molecule has 172 valence electrons. The van der Waals surface area contributed by atoms with Gasteiger partial charge < -0.3 is 4.57 Å². The van der Waals surface area contributed by atoms with E-state index in [4.69, 9.17) is 29.6 Å². The number of carbonyl (C=O) groups excluding carboxylic acids is 1. The van der Waals surface area contributed by atoms with Crippen LogP contribution >= 0.6 is 34.5 Å². The maximum Gasteiger partial charge on any atom is 0.279 e. The number of aromatic nitrogens is 1. The Morgan fingerprint density at radius 3 is 2.39 bits per heavy atom. The number of amides is 1. The minimum atomic E-state index is -3.59. The third kappa shape index (κ3) is 5.03. The van der Waals surface area contributed by atoms with Gasteiger partial charge in [-0.25, -0.2) is 8.42 Å². The third-order valence-corrected chi connectivity index (χ3v) is 8.89. The molecule has 4 rings (SSSR count). The molecule has 1 fully saturated rings. The smallest absolute Gasteiger partial charge is 0.279 e. The van der Waals surface area contributed by atoms with Crippen LogP contribution < -0.4 is 4.80 Å². The molecule has 0 spiro atoms. The summed E-state index contributed by atoms with van der Waals surface area (Å²) in [4.78, 5) is 17.7. The molecule has 6 nitrogen and oxygen atoms in total. The maximum atomic E-state index is 13.0. The Kier molecular flexibility index (Phi) is 7.27. The van der Waals surface area contributed by atoms with E-state index in [9.17, 15) is 13.2 Å². The fraction of sp³-hybridized carbons (Fsp3) is 0.304. The Hall–Kier alpha value is -2.15. The molecule has 1 aromatic heterocycles. The highest BCUT2D eigenvalue weighted by Gasteiger charge is 2.25. The number of terminal acetylenes is 1. The van der Waals surface area contributed by atoms with Crippen molar-refractivity contribution >= 4 is 60.7 Å². The molecule has 0 N–H and O–H groups in total. The summed E-state index contributed by atoms with van der Waals surface area (Å²) in [6.07, 6.45) is 9.30. The van der Waals surface area contributed by atoms with Gasteiger partial charge in [0.2, 0.25) is 10.0 Å². The van der Waals surface area contributed by atoms with Crippen molar-refractivity contribution in [1.82, 2.24) is 8.87 Å². The van der Waals surface area contributed by atoms with Crippen molar-refractivity contribution in [2.24, 2.45) is 4.99 Å². The summed E-state index contributed by atoms with van der Waals surface area (Å²) in [5.41, 5.74) is 0.938. The van der Waals surface area contributed by atoms with E-state index in [0.29, 0.717) is 33.5 Å². The number of carbonyl (C=O) groups is 1. The van der Waals surface area contributed by atoms with Crippen LogP contribution in [0.1, 0.15) is 36.0 Å². The number of nitrogens with zero attached hydrogens (tertiary/aromatic N) is 3. The predicted octanol–water partition coefficient (Wildman–Crippen LogP) is 4.95. The Morgan fingerprint density at radius 1 is 1.09 bits per heavy atom. The molecule has 1 saturated heterocycles. The summed E-state index contributed by atoms with van der Waals surface area (Å²) in [5.74, 6) is 2.05. The highest BCUT2D eigenvalue weighted by atomic mass is 35.5. The van der Waals surface area contributed by atoms with Gasteiger partial charge in [-0.3, -0.25) is 4.79 Å². The van der Waals surface area contributed by atoms with Crippen molar-refractivity contribution in [3.8, 4) is 12.3 Å². The zero-order chi connectivity index (χ0) is 23.6. The van der Waals surface area contributed by atoms with Gasteiger partial charge in [0, 0.05) is 23.7 Å². The Labute approximate surface area is 206 Å². The van der Waals surface area contributed by atoms with E-state index in [1.807, 2.05) is 0 Å². The van der Waals surface area contributed by atoms with Crippen LogP contribution in [0.15, 0.2) is 46.3 Å². The van der Waals surface area contributed by atoms with Crippen LogP contribution in [0.2, 0.25) is 10.0 Å². The first-order valence-corrected chi connectivity index (χ1v) is 13.4. The second-order valence-electron chi connectivity index (χ2n) is 7.67. The van der Waals surface area contributed by atoms with Gasteiger partial charge in [-0.05, 0) is 49.2 Å². The Bertz CT molecular complexity index is 1410. The van der Waals surface area contributed by atoms with Gasteiger partial charge in [0.25, 0.3) is 5.91 Å².